The summed E-state index contributed by atoms with van der Waals surface area (Å²) in [5.41, 5.74) is 6.30. The number of pyridine rings is 1. The lowest BCUT2D eigenvalue weighted by Crippen LogP contribution is -2.37. The summed E-state index contributed by atoms with van der Waals surface area (Å²) in [5.74, 6) is -0.169. The number of rotatable bonds is 4. The molecule has 1 unspecified atom stereocenters. The number of anilines is 2. The first-order valence-corrected chi connectivity index (χ1v) is 10.1. The van der Waals surface area contributed by atoms with Gasteiger partial charge in [0.25, 0.3) is 0 Å². The molecule has 1 aliphatic rings. The molecule has 33 heavy (non-hydrogen) atoms. The van der Waals surface area contributed by atoms with Crippen molar-refractivity contribution >= 4 is 17.7 Å². The second-order valence-electron chi connectivity index (χ2n) is 7.95. The van der Waals surface area contributed by atoms with E-state index in [1.807, 2.05) is 13.0 Å². The van der Waals surface area contributed by atoms with Gasteiger partial charge in [-0.15, -0.1) is 0 Å². The first kappa shape index (κ1) is 22.5. The molecule has 0 aliphatic carbocycles. The van der Waals surface area contributed by atoms with E-state index in [4.69, 9.17) is 5.73 Å². The van der Waals surface area contributed by atoms with Crippen molar-refractivity contribution in [2.24, 2.45) is 5.73 Å². The van der Waals surface area contributed by atoms with Crippen LogP contribution in [-0.2, 0) is 11.8 Å². The Morgan fingerprint density at radius 2 is 1.97 bits per heavy atom. The number of carbonyl (C=O) groups excluding carboxylic acids is 1. The third-order valence-electron chi connectivity index (χ3n) is 5.41. The average molecular weight is 458 g/mol. The van der Waals surface area contributed by atoms with Gasteiger partial charge < -0.3 is 21.1 Å². The van der Waals surface area contributed by atoms with Gasteiger partial charge in [0, 0.05) is 36.6 Å². The number of primary amides is 1. The quantitative estimate of drug-likeness (QED) is 0.550. The van der Waals surface area contributed by atoms with E-state index in [1.165, 1.54) is 4.90 Å². The second kappa shape index (κ2) is 8.32. The normalized spacial score (nSPS) is 18.4. The fourth-order valence-electron chi connectivity index (χ4n) is 3.76. The Kier molecular flexibility index (Phi) is 5.66. The fourth-order valence-corrected chi connectivity index (χ4v) is 3.76. The van der Waals surface area contributed by atoms with Gasteiger partial charge in [-0.1, -0.05) is 12.1 Å². The summed E-state index contributed by atoms with van der Waals surface area (Å²) in [6.45, 7) is 2.27. The molecule has 1 saturated heterocycles. The van der Waals surface area contributed by atoms with Gasteiger partial charge in [0.1, 0.15) is 11.3 Å². The lowest BCUT2D eigenvalue weighted by molar-refractivity contribution is -0.141. The lowest BCUT2D eigenvalue weighted by atomic mass is 9.96. The third-order valence-corrected chi connectivity index (χ3v) is 5.41. The molecular formula is C22H21F3N6O2. The zero-order valence-electron chi connectivity index (χ0n) is 17.6. The van der Waals surface area contributed by atoms with Gasteiger partial charge in [-0.05, 0) is 42.3 Å². The topological polar surface area (TPSA) is 117 Å². The SMILES string of the molecule is Cc1cc(Nc2nccc(C(F)(F)F)n2)cc(-c2ccc(C3(O)CCN(C(N)=O)C3)nc2)c1. The molecule has 8 nitrogen and oxygen atoms in total. The minimum absolute atomic E-state index is 0.0736. The highest BCUT2D eigenvalue weighted by Crippen LogP contribution is 2.33. The number of benzene rings is 1. The maximum absolute atomic E-state index is 12.9. The Hall–Kier alpha value is -3.73. The summed E-state index contributed by atoms with van der Waals surface area (Å²) in [6.07, 6.45) is -1.59. The summed E-state index contributed by atoms with van der Waals surface area (Å²) in [5, 5.41) is 13.7. The minimum Gasteiger partial charge on any atom is -0.382 e. The predicted octanol–water partition coefficient (Wildman–Crippen LogP) is 3.58. The lowest BCUT2D eigenvalue weighted by Gasteiger charge is -2.22. The highest BCUT2D eigenvalue weighted by Gasteiger charge is 2.40. The Balaban J connectivity index is 1.57. The molecule has 1 aliphatic heterocycles. The van der Waals surface area contributed by atoms with Crippen LogP contribution in [0.25, 0.3) is 11.1 Å². The van der Waals surface area contributed by atoms with Gasteiger partial charge in [0.15, 0.2) is 0 Å². The van der Waals surface area contributed by atoms with Crippen LogP contribution in [0.4, 0.5) is 29.6 Å². The van der Waals surface area contributed by atoms with Crippen molar-refractivity contribution in [2.45, 2.75) is 25.1 Å². The van der Waals surface area contributed by atoms with Gasteiger partial charge >= 0.3 is 12.2 Å². The van der Waals surface area contributed by atoms with Crippen molar-refractivity contribution in [1.82, 2.24) is 19.9 Å². The number of alkyl halides is 3. The number of likely N-dealkylation sites (tertiary alicyclic amines) is 1. The molecule has 1 atom stereocenters. The van der Waals surface area contributed by atoms with Crippen molar-refractivity contribution in [2.75, 3.05) is 18.4 Å². The Labute approximate surface area is 187 Å². The predicted molar refractivity (Wildman–Crippen MR) is 114 cm³/mol. The van der Waals surface area contributed by atoms with Crippen LogP contribution in [0, 0.1) is 6.92 Å². The number of nitrogens with two attached hydrogens (primary N) is 1. The summed E-state index contributed by atoms with van der Waals surface area (Å²) < 4.78 is 38.8. The molecule has 172 valence electrons. The number of aryl methyl sites for hydroxylation is 1. The molecule has 2 amide bonds. The highest BCUT2D eigenvalue weighted by molar-refractivity contribution is 5.73. The number of nitrogens with one attached hydrogen (secondary N) is 1. The molecule has 3 aromatic rings. The van der Waals surface area contributed by atoms with Gasteiger partial charge in [-0.2, -0.15) is 13.2 Å². The average Bonchev–Trinajstić information content (AvgIpc) is 3.17. The van der Waals surface area contributed by atoms with Crippen molar-refractivity contribution < 1.29 is 23.1 Å². The first-order valence-electron chi connectivity index (χ1n) is 10.1. The van der Waals surface area contributed by atoms with Crippen LogP contribution in [0.3, 0.4) is 0 Å². The molecule has 1 fully saturated rings. The number of carbonyl (C=O) groups is 1. The molecule has 0 saturated carbocycles. The minimum atomic E-state index is -4.57. The maximum atomic E-state index is 12.9. The number of β-amino-alcohol motifs (C(OH)–C–C–N with tert-alkyl or cyclic N) is 1. The number of amides is 2. The van der Waals surface area contributed by atoms with Crippen molar-refractivity contribution in [3.05, 3.63) is 65.7 Å². The number of urea groups is 1. The first-order chi connectivity index (χ1) is 15.5. The third kappa shape index (κ3) is 4.87. The maximum Gasteiger partial charge on any atom is 0.433 e. The summed E-state index contributed by atoms with van der Waals surface area (Å²) >= 11 is 0. The van der Waals surface area contributed by atoms with E-state index in [1.54, 1.807) is 30.5 Å². The van der Waals surface area contributed by atoms with Crippen LogP contribution in [0.5, 0.6) is 0 Å². The van der Waals surface area contributed by atoms with E-state index < -0.39 is 23.5 Å². The number of aromatic nitrogens is 3. The van der Waals surface area contributed by atoms with Crippen molar-refractivity contribution in [3.63, 3.8) is 0 Å². The molecule has 1 aromatic carbocycles. The fraction of sp³-hybridized carbons (Fsp3) is 0.273. The highest BCUT2D eigenvalue weighted by atomic mass is 19.4. The Morgan fingerprint density at radius 1 is 1.18 bits per heavy atom. The standard InChI is InChI=1S/C22H21F3N6O2/c1-13-8-15(10-16(9-13)29-20-27-6-4-18(30-20)22(23,24)25)14-2-3-17(28-11-14)21(33)5-7-31(12-21)19(26)32/h2-4,6,8-11,33H,5,7,12H2,1H3,(H2,26,32)(H,27,29,30). The van der Waals surface area contributed by atoms with Gasteiger partial charge in [0.05, 0.1) is 12.2 Å². The molecule has 4 N–H and O–H groups in total. The number of halogens is 3. The summed E-state index contributed by atoms with van der Waals surface area (Å²) in [4.78, 5) is 24.5. The van der Waals surface area contributed by atoms with Crippen LogP contribution < -0.4 is 11.1 Å². The monoisotopic (exact) mass is 458 g/mol. The molecule has 0 bridgehead atoms. The zero-order valence-corrected chi connectivity index (χ0v) is 17.6. The van der Waals surface area contributed by atoms with Crippen molar-refractivity contribution in [3.8, 4) is 11.1 Å². The van der Waals surface area contributed by atoms with E-state index in [-0.39, 0.29) is 12.5 Å². The second-order valence-corrected chi connectivity index (χ2v) is 7.95. The van der Waals surface area contributed by atoms with E-state index in [0.29, 0.717) is 24.3 Å². The van der Waals surface area contributed by atoms with E-state index in [0.717, 1.165) is 29.0 Å². The zero-order chi connectivity index (χ0) is 23.8. The number of hydrogen-bond donors (Lipinski definition) is 3. The van der Waals surface area contributed by atoms with E-state index in [2.05, 4.69) is 20.3 Å². The Bertz CT molecular complexity index is 1190. The molecule has 11 heteroatoms. The number of nitrogens with zero attached hydrogens (tertiary/aromatic N) is 4. The van der Waals surface area contributed by atoms with Crippen LogP contribution in [0.1, 0.15) is 23.4 Å². The van der Waals surface area contributed by atoms with Gasteiger partial charge in [0.2, 0.25) is 5.95 Å². The molecular weight excluding hydrogens is 437 g/mol. The largest absolute Gasteiger partial charge is 0.433 e. The molecule has 0 radical (unpaired) electrons. The smallest absolute Gasteiger partial charge is 0.382 e. The summed E-state index contributed by atoms with van der Waals surface area (Å²) in [6, 6.07) is 9.08. The molecule has 0 spiro atoms. The van der Waals surface area contributed by atoms with Crippen LogP contribution in [-0.4, -0.2) is 44.1 Å². The van der Waals surface area contributed by atoms with E-state index in [9.17, 15) is 23.1 Å². The van der Waals surface area contributed by atoms with Gasteiger partial charge in [-0.25, -0.2) is 14.8 Å². The Morgan fingerprint density at radius 3 is 2.61 bits per heavy atom. The van der Waals surface area contributed by atoms with E-state index >= 15 is 0 Å². The van der Waals surface area contributed by atoms with Crippen LogP contribution in [0.15, 0.2) is 48.8 Å². The van der Waals surface area contributed by atoms with Crippen LogP contribution >= 0.6 is 0 Å². The molecule has 3 heterocycles. The molecule has 4 rings (SSSR count). The molecule has 2 aromatic heterocycles. The van der Waals surface area contributed by atoms with Gasteiger partial charge in [-0.3, -0.25) is 4.98 Å². The number of aliphatic hydroxyl groups is 1. The van der Waals surface area contributed by atoms with Crippen molar-refractivity contribution in [1.29, 1.82) is 0 Å². The van der Waals surface area contributed by atoms with Crippen LogP contribution in [0.2, 0.25) is 0 Å². The summed E-state index contributed by atoms with van der Waals surface area (Å²) in [7, 11) is 0. The number of hydrogen-bond acceptors (Lipinski definition) is 6.